The number of aliphatic hydroxyl groups excluding tert-OH is 1. The molecule has 0 aliphatic carbocycles. The third kappa shape index (κ3) is 3.97. The van der Waals surface area contributed by atoms with Gasteiger partial charge in [-0.15, -0.1) is 0 Å². The Morgan fingerprint density at radius 2 is 1.71 bits per heavy atom. The average Bonchev–Trinajstić information content (AvgIpc) is 2.93. The monoisotopic (exact) mass is 382 g/mol. The molecule has 0 saturated carbocycles. The van der Waals surface area contributed by atoms with Crippen LogP contribution in [0.3, 0.4) is 0 Å². The van der Waals surface area contributed by atoms with E-state index in [1.54, 1.807) is 0 Å². The van der Waals surface area contributed by atoms with Crippen molar-refractivity contribution in [2.75, 3.05) is 27.2 Å². The summed E-state index contributed by atoms with van der Waals surface area (Å²) in [5.74, 6) is -2.08. The fourth-order valence-electron chi connectivity index (χ4n) is 3.41. The van der Waals surface area contributed by atoms with Crippen LogP contribution < -0.4 is 0 Å². The van der Waals surface area contributed by atoms with Gasteiger partial charge in [0.25, 0.3) is 11.7 Å². The summed E-state index contributed by atoms with van der Waals surface area (Å²) in [6, 6.07) is 13.7. The van der Waals surface area contributed by atoms with Crippen LogP contribution in [0, 0.1) is 5.82 Å². The summed E-state index contributed by atoms with van der Waals surface area (Å²) in [7, 11) is 3.88. The Kier molecular flexibility index (Phi) is 5.90. The van der Waals surface area contributed by atoms with Gasteiger partial charge in [0.1, 0.15) is 11.6 Å². The number of Topliss-reactive ketones (excluding diaryl/α,β-unsaturated/α-hetero) is 1. The van der Waals surface area contributed by atoms with E-state index in [1.165, 1.54) is 29.2 Å². The van der Waals surface area contributed by atoms with Gasteiger partial charge in [0.15, 0.2) is 0 Å². The zero-order valence-electron chi connectivity index (χ0n) is 15.9. The van der Waals surface area contributed by atoms with Gasteiger partial charge in [0.2, 0.25) is 0 Å². The molecule has 0 aromatic heterocycles. The van der Waals surface area contributed by atoms with Crippen molar-refractivity contribution in [2.24, 2.45) is 0 Å². The molecule has 1 atom stereocenters. The molecule has 0 unspecified atom stereocenters. The lowest BCUT2D eigenvalue weighted by Gasteiger charge is -2.26. The molecular formula is C22H23FN2O3. The number of hydrogen-bond donors (Lipinski definition) is 1. The first-order valence-corrected chi connectivity index (χ1v) is 9.14. The molecule has 0 spiro atoms. The maximum Gasteiger partial charge on any atom is 0.295 e. The van der Waals surface area contributed by atoms with Crippen LogP contribution >= 0.6 is 0 Å². The Morgan fingerprint density at radius 1 is 1.07 bits per heavy atom. The van der Waals surface area contributed by atoms with E-state index in [9.17, 15) is 19.1 Å². The predicted octanol–water partition coefficient (Wildman–Crippen LogP) is 3.20. The highest BCUT2D eigenvalue weighted by molar-refractivity contribution is 6.46. The van der Waals surface area contributed by atoms with Crippen molar-refractivity contribution < 1.29 is 19.1 Å². The van der Waals surface area contributed by atoms with Gasteiger partial charge >= 0.3 is 0 Å². The molecule has 0 bridgehead atoms. The van der Waals surface area contributed by atoms with Crippen LogP contribution in [-0.2, 0) is 9.59 Å². The van der Waals surface area contributed by atoms with Gasteiger partial charge in [-0.25, -0.2) is 4.39 Å². The van der Waals surface area contributed by atoms with Crippen LogP contribution in [0.2, 0.25) is 0 Å². The molecule has 1 aliphatic heterocycles. The molecule has 1 N–H and O–H groups in total. The molecule has 2 aromatic carbocycles. The van der Waals surface area contributed by atoms with Gasteiger partial charge in [0.05, 0.1) is 11.6 Å². The minimum atomic E-state index is -0.722. The van der Waals surface area contributed by atoms with Gasteiger partial charge in [-0.3, -0.25) is 9.59 Å². The standard InChI is InChI=1S/C22H23FN2O3/c1-24(2)13-6-14-25-19(15-7-4-3-5-8-15)18(21(27)22(25)28)20(26)16-9-11-17(23)12-10-16/h3-5,7-12,19,26H,6,13-14H2,1-2H3/t19-/m1/s1. The molecule has 1 fully saturated rings. The number of ketones is 1. The lowest BCUT2D eigenvalue weighted by molar-refractivity contribution is -0.139. The number of carbonyl (C=O) groups is 2. The number of hydrogen-bond acceptors (Lipinski definition) is 4. The number of benzene rings is 2. The highest BCUT2D eigenvalue weighted by Gasteiger charge is 2.45. The first-order chi connectivity index (χ1) is 13.4. The number of halogens is 1. The molecule has 1 amide bonds. The van der Waals surface area contributed by atoms with Gasteiger partial charge in [0, 0.05) is 12.1 Å². The van der Waals surface area contributed by atoms with Crippen molar-refractivity contribution in [3.05, 3.63) is 77.1 Å². The minimum Gasteiger partial charge on any atom is -0.507 e. The topological polar surface area (TPSA) is 60.9 Å². The molecule has 3 rings (SSSR count). The van der Waals surface area contributed by atoms with Crippen molar-refractivity contribution in [1.82, 2.24) is 9.80 Å². The molecule has 146 valence electrons. The number of aliphatic hydroxyl groups is 1. The lowest BCUT2D eigenvalue weighted by Crippen LogP contribution is -2.32. The van der Waals surface area contributed by atoms with E-state index >= 15 is 0 Å². The van der Waals surface area contributed by atoms with E-state index in [4.69, 9.17) is 0 Å². The minimum absolute atomic E-state index is 0.0349. The van der Waals surface area contributed by atoms with Crippen LogP contribution in [0.5, 0.6) is 0 Å². The molecule has 2 aromatic rings. The smallest absolute Gasteiger partial charge is 0.295 e. The summed E-state index contributed by atoms with van der Waals surface area (Å²) < 4.78 is 13.2. The summed E-state index contributed by atoms with van der Waals surface area (Å²) in [5.41, 5.74) is 1.08. The number of likely N-dealkylation sites (tertiary alicyclic amines) is 1. The number of carbonyl (C=O) groups excluding carboxylic acids is 2. The van der Waals surface area contributed by atoms with Crippen LogP contribution in [-0.4, -0.2) is 53.8 Å². The normalized spacial score (nSPS) is 18.9. The van der Waals surface area contributed by atoms with E-state index in [0.717, 1.165) is 12.1 Å². The van der Waals surface area contributed by atoms with E-state index < -0.39 is 23.5 Å². The van der Waals surface area contributed by atoms with Crippen LogP contribution in [0.4, 0.5) is 4.39 Å². The molecule has 1 aliphatic rings. The summed E-state index contributed by atoms with van der Waals surface area (Å²) in [6.45, 7) is 1.16. The lowest BCUT2D eigenvalue weighted by atomic mass is 9.95. The third-order valence-corrected chi connectivity index (χ3v) is 4.78. The van der Waals surface area contributed by atoms with Crippen LogP contribution in [0.1, 0.15) is 23.6 Å². The van der Waals surface area contributed by atoms with Crippen molar-refractivity contribution >= 4 is 17.4 Å². The Morgan fingerprint density at radius 3 is 2.32 bits per heavy atom. The Bertz CT molecular complexity index is 892. The quantitative estimate of drug-likeness (QED) is 0.474. The van der Waals surface area contributed by atoms with Crippen molar-refractivity contribution in [3.63, 3.8) is 0 Å². The molecule has 28 heavy (non-hydrogen) atoms. The third-order valence-electron chi connectivity index (χ3n) is 4.78. The Hall–Kier alpha value is -2.99. The summed E-state index contributed by atoms with van der Waals surface area (Å²) >= 11 is 0. The fourth-order valence-corrected chi connectivity index (χ4v) is 3.41. The average molecular weight is 382 g/mol. The first kappa shape index (κ1) is 19.8. The fraction of sp³-hybridized carbons (Fsp3) is 0.273. The van der Waals surface area contributed by atoms with Crippen molar-refractivity contribution in [2.45, 2.75) is 12.5 Å². The summed E-state index contributed by atoms with van der Waals surface area (Å²) in [4.78, 5) is 29.0. The molecule has 0 radical (unpaired) electrons. The predicted molar refractivity (Wildman–Crippen MR) is 105 cm³/mol. The second kappa shape index (κ2) is 8.35. The van der Waals surface area contributed by atoms with Gasteiger partial charge in [-0.2, -0.15) is 0 Å². The maximum atomic E-state index is 13.2. The Labute approximate surface area is 163 Å². The molecule has 1 heterocycles. The van der Waals surface area contributed by atoms with E-state index in [2.05, 4.69) is 0 Å². The van der Waals surface area contributed by atoms with E-state index in [1.807, 2.05) is 49.3 Å². The zero-order valence-corrected chi connectivity index (χ0v) is 15.9. The highest BCUT2D eigenvalue weighted by atomic mass is 19.1. The zero-order chi connectivity index (χ0) is 20.3. The van der Waals surface area contributed by atoms with Gasteiger partial charge in [-0.05, 0) is 56.9 Å². The second-order valence-corrected chi connectivity index (χ2v) is 7.07. The number of rotatable bonds is 6. The number of nitrogens with zero attached hydrogens (tertiary/aromatic N) is 2. The van der Waals surface area contributed by atoms with E-state index in [0.29, 0.717) is 18.5 Å². The first-order valence-electron chi connectivity index (χ1n) is 9.14. The Balaban J connectivity index is 2.06. The largest absolute Gasteiger partial charge is 0.507 e. The molecule has 1 saturated heterocycles. The van der Waals surface area contributed by atoms with Crippen molar-refractivity contribution in [1.29, 1.82) is 0 Å². The van der Waals surface area contributed by atoms with Gasteiger partial charge in [-0.1, -0.05) is 30.3 Å². The van der Waals surface area contributed by atoms with Crippen LogP contribution in [0.15, 0.2) is 60.2 Å². The molecule has 6 heteroatoms. The maximum absolute atomic E-state index is 13.2. The van der Waals surface area contributed by atoms with Crippen LogP contribution in [0.25, 0.3) is 5.76 Å². The van der Waals surface area contributed by atoms with Crippen molar-refractivity contribution in [3.8, 4) is 0 Å². The highest BCUT2D eigenvalue weighted by Crippen LogP contribution is 2.39. The summed E-state index contributed by atoms with van der Waals surface area (Å²) in [6.07, 6.45) is 0.694. The number of amides is 1. The van der Waals surface area contributed by atoms with Gasteiger partial charge < -0.3 is 14.9 Å². The van der Waals surface area contributed by atoms with E-state index in [-0.39, 0.29) is 11.3 Å². The second-order valence-electron chi connectivity index (χ2n) is 7.07. The SMILES string of the molecule is CN(C)CCCN1C(=O)C(=O)C(=C(O)c2ccc(F)cc2)[C@H]1c1ccccc1. The molecule has 5 nitrogen and oxygen atoms in total. The summed E-state index contributed by atoms with van der Waals surface area (Å²) in [5, 5.41) is 10.8. The molecular weight excluding hydrogens is 359 g/mol.